The van der Waals surface area contributed by atoms with E-state index in [-0.39, 0.29) is 5.91 Å². The van der Waals surface area contributed by atoms with Gasteiger partial charge in [-0.1, -0.05) is 0 Å². The molecule has 0 spiro atoms. The average molecular weight is 329 g/mol. The van der Waals surface area contributed by atoms with E-state index in [2.05, 4.69) is 10.3 Å². The van der Waals surface area contributed by atoms with Gasteiger partial charge in [0.1, 0.15) is 9.71 Å². The van der Waals surface area contributed by atoms with E-state index in [9.17, 15) is 4.79 Å². The van der Waals surface area contributed by atoms with Gasteiger partial charge < -0.3 is 14.6 Å². The largest absolute Gasteiger partial charge is 0.382 e. The fourth-order valence-electron chi connectivity index (χ4n) is 2.41. The highest BCUT2D eigenvalue weighted by molar-refractivity contribution is 7.21. The van der Waals surface area contributed by atoms with Crippen molar-refractivity contribution in [3.8, 4) is 5.69 Å². The van der Waals surface area contributed by atoms with Gasteiger partial charge in [-0.3, -0.25) is 4.79 Å². The Bertz CT molecular complexity index is 780. The molecule has 0 aromatic carbocycles. The summed E-state index contributed by atoms with van der Waals surface area (Å²) in [6.45, 7) is 3.93. The van der Waals surface area contributed by atoms with Crippen LogP contribution in [-0.2, 0) is 4.74 Å². The second kappa shape index (κ2) is 7.39. The fraction of sp³-hybridized carbons (Fsp3) is 0.294. The monoisotopic (exact) mass is 329 g/mol. The molecule has 0 fully saturated rings. The third kappa shape index (κ3) is 3.43. The lowest BCUT2D eigenvalue weighted by atomic mass is 10.2. The minimum atomic E-state index is -0.0619. The molecule has 3 rings (SSSR count). The Morgan fingerprint density at radius 3 is 2.96 bits per heavy atom. The van der Waals surface area contributed by atoms with E-state index < -0.39 is 0 Å². The van der Waals surface area contributed by atoms with Gasteiger partial charge in [0.15, 0.2) is 0 Å². The van der Waals surface area contributed by atoms with Gasteiger partial charge in [-0.15, -0.1) is 11.3 Å². The fourth-order valence-corrected chi connectivity index (χ4v) is 3.47. The molecule has 0 aliphatic carbocycles. The van der Waals surface area contributed by atoms with Gasteiger partial charge in [0.05, 0.1) is 5.69 Å². The molecule has 3 aromatic heterocycles. The van der Waals surface area contributed by atoms with E-state index in [0.717, 1.165) is 22.3 Å². The third-order valence-electron chi connectivity index (χ3n) is 3.46. The molecule has 3 aromatic rings. The summed E-state index contributed by atoms with van der Waals surface area (Å²) in [6, 6.07) is 7.79. The Morgan fingerprint density at radius 1 is 1.35 bits per heavy atom. The van der Waals surface area contributed by atoms with Crippen LogP contribution in [0.4, 0.5) is 0 Å². The van der Waals surface area contributed by atoms with Crippen molar-refractivity contribution in [3.05, 3.63) is 47.7 Å². The zero-order chi connectivity index (χ0) is 16.1. The van der Waals surface area contributed by atoms with Gasteiger partial charge >= 0.3 is 0 Å². The zero-order valence-corrected chi connectivity index (χ0v) is 13.8. The second-order valence-corrected chi connectivity index (χ2v) is 6.03. The number of thiophene rings is 1. The number of nitrogens with one attached hydrogen (secondary N) is 1. The minimum absolute atomic E-state index is 0.0619. The van der Waals surface area contributed by atoms with E-state index >= 15 is 0 Å². The van der Waals surface area contributed by atoms with Gasteiger partial charge in [-0.2, -0.15) is 0 Å². The average Bonchev–Trinajstić information content (AvgIpc) is 3.21. The summed E-state index contributed by atoms with van der Waals surface area (Å²) in [5, 5.41) is 3.97. The maximum absolute atomic E-state index is 12.6. The molecule has 0 aliphatic heterocycles. The summed E-state index contributed by atoms with van der Waals surface area (Å²) < 4.78 is 7.26. The second-order valence-electron chi connectivity index (χ2n) is 5.03. The Hall–Kier alpha value is -2.18. The van der Waals surface area contributed by atoms with Crippen LogP contribution < -0.4 is 5.32 Å². The first kappa shape index (κ1) is 15.7. The van der Waals surface area contributed by atoms with Crippen LogP contribution in [0.25, 0.3) is 15.9 Å². The molecular formula is C17H19N3O2S. The van der Waals surface area contributed by atoms with Crippen LogP contribution >= 0.6 is 11.3 Å². The molecule has 1 N–H and O–H groups in total. The minimum Gasteiger partial charge on any atom is -0.382 e. The quantitative estimate of drug-likeness (QED) is 0.677. The van der Waals surface area contributed by atoms with Crippen molar-refractivity contribution in [2.24, 2.45) is 0 Å². The van der Waals surface area contributed by atoms with Gasteiger partial charge in [0.25, 0.3) is 5.91 Å². The van der Waals surface area contributed by atoms with Gasteiger partial charge in [-0.25, -0.2) is 4.98 Å². The summed E-state index contributed by atoms with van der Waals surface area (Å²) in [7, 11) is 0. The first-order valence-electron chi connectivity index (χ1n) is 7.68. The molecule has 0 bridgehead atoms. The number of carbonyl (C=O) groups excluding carboxylic acids is 1. The van der Waals surface area contributed by atoms with Gasteiger partial charge in [-0.05, 0) is 37.6 Å². The van der Waals surface area contributed by atoms with E-state index in [4.69, 9.17) is 4.74 Å². The molecule has 0 unspecified atom stereocenters. The summed E-state index contributed by atoms with van der Waals surface area (Å²) >= 11 is 1.42. The smallest absolute Gasteiger partial charge is 0.263 e. The maximum atomic E-state index is 12.6. The van der Waals surface area contributed by atoms with Crippen LogP contribution in [0.1, 0.15) is 23.0 Å². The molecule has 0 radical (unpaired) electrons. The van der Waals surface area contributed by atoms with Crippen molar-refractivity contribution in [1.82, 2.24) is 14.9 Å². The van der Waals surface area contributed by atoms with Crippen LogP contribution in [0.3, 0.4) is 0 Å². The number of pyridine rings is 1. The van der Waals surface area contributed by atoms with Crippen molar-refractivity contribution in [2.45, 2.75) is 13.3 Å². The highest BCUT2D eigenvalue weighted by Crippen LogP contribution is 2.32. The van der Waals surface area contributed by atoms with Crippen LogP contribution in [-0.4, -0.2) is 35.2 Å². The van der Waals surface area contributed by atoms with Gasteiger partial charge in [0.2, 0.25) is 0 Å². The molecule has 0 atom stereocenters. The van der Waals surface area contributed by atoms with Crippen LogP contribution in [0.5, 0.6) is 0 Å². The van der Waals surface area contributed by atoms with E-state index in [1.165, 1.54) is 11.3 Å². The number of ether oxygens (including phenoxy) is 1. The van der Waals surface area contributed by atoms with E-state index in [1.54, 1.807) is 6.20 Å². The summed E-state index contributed by atoms with van der Waals surface area (Å²) in [4.78, 5) is 18.5. The maximum Gasteiger partial charge on any atom is 0.263 e. The Morgan fingerprint density at radius 2 is 2.17 bits per heavy atom. The molecule has 5 nitrogen and oxygen atoms in total. The summed E-state index contributed by atoms with van der Waals surface area (Å²) in [6.07, 6.45) is 6.45. The summed E-state index contributed by atoms with van der Waals surface area (Å²) in [5.74, 6) is -0.0619. The number of nitrogens with zero attached hydrogens (tertiary/aromatic N) is 2. The molecule has 0 aliphatic rings. The van der Waals surface area contributed by atoms with E-state index in [1.807, 2.05) is 48.1 Å². The van der Waals surface area contributed by atoms with Crippen LogP contribution in [0.15, 0.2) is 42.9 Å². The number of carbonyl (C=O) groups is 1. The molecule has 0 saturated heterocycles. The zero-order valence-electron chi connectivity index (χ0n) is 13.0. The predicted octanol–water partition coefficient (Wildman–Crippen LogP) is 3.24. The number of amides is 1. The predicted molar refractivity (Wildman–Crippen MR) is 92.4 cm³/mol. The van der Waals surface area contributed by atoms with Crippen molar-refractivity contribution in [1.29, 1.82) is 0 Å². The summed E-state index contributed by atoms with van der Waals surface area (Å²) in [5.41, 5.74) is 0.894. The normalized spacial score (nSPS) is 11.0. The lowest BCUT2D eigenvalue weighted by molar-refractivity contribution is 0.0948. The third-order valence-corrected chi connectivity index (χ3v) is 4.57. The highest BCUT2D eigenvalue weighted by atomic mass is 32.1. The SMILES string of the molecule is CCOCCCNC(=O)c1sc2ncccc2c1-n1cccc1. The first-order valence-corrected chi connectivity index (χ1v) is 8.49. The highest BCUT2D eigenvalue weighted by Gasteiger charge is 2.19. The number of hydrogen-bond donors (Lipinski definition) is 1. The molecule has 1 amide bonds. The molecule has 6 heteroatoms. The molecule has 120 valence electrons. The number of fused-ring (bicyclic) bond motifs is 1. The molecule has 23 heavy (non-hydrogen) atoms. The Balaban J connectivity index is 1.85. The van der Waals surface area contributed by atoms with Crippen LogP contribution in [0, 0.1) is 0 Å². The van der Waals surface area contributed by atoms with Crippen molar-refractivity contribution >= 4 is 27.5 Å². The van der Waals surface area contributed by atoms with Gasteiger partial charge in [0, 0.05) is 43.7 Å². The lowest BCUT2D eigenvalue weighted by Gasteiger charge is -2.07. The van der Waals surface area contributed by atoms with Crippen LogP contribution in [0.2, 0.25) is 0 Å². The van der Waals surface area contributed by atoms with E-state index in [0.29, 0.717) is 24.6 Å². The van der Waals surface area contributed by atoms with Crippen molar-refractivity contribution in [2.75, 3.05) is 19.8 Å². The number of hydrogen-bond acceptors (Lipinski definition) is 4. The first-order chi connectivity index (χ1) is 11.3. The Kier molecular flexibility index (Phi) is 5.05. The standard InChI is InChI=1S/C17H19N3O2S/c1-2-22-12-6-9-18-16(21)15-14(20-10-3-4-11-20)13-7-5-8-19-17(13)23-15/h3-5,7-8,10-11H,2,6,9,12H2,1H3,(H,18,21). The Labute approximate surface area is 138 Å². The van der Waals surface area contributed by atoms with Crippen molar-refractivity contribution in [3.63, 3.8) is 0 Å². The van der Waals surface area contributed by atoms with Crippen molar-refractivity contribution < 1.29 is 9.53 Å². The molecule has 3 heterocycles. The molecule has 0 saturated carbocycles. The molecular weight excluding hydrogens is 310 g/mol. The number of aromatic nitrogens is 2. The lowest BCUT2D eigenvalue weighted by Crippen LogP contribution is -2.25. The number of rotatable bonds is 7. The topological polar surface area (TPSA) is 56.1 Å².